The molecule has 0 amide bonds. The van der Waals surface area contributed by atoms with Gasteiger partial charge in [0, 0.05) is 71.8 Å². The Hall–Kier alpha value is -4.75. The van der Waals surface area contributed by atoms with Crippen molar-refractivity contribution in [3.05, 3.63) is 83.6 Å². The number of carboxylic acids is 1. The number of methoxy groups -OCH3 is 1. The second-order valence-corrected chi connectivity index (χ2v) is 25.4. The van der Waals surface area contributed by atoms with Crippen LogP contribution in [-0.4, -0.2) is 145 Å². The number of fused-ring (bicyclic) bond motifs is 6. The number of unbranched alkanes of at least 4 members (excludes halogenated alkanes) is 2. The molecule has 0 saturated heterocycles. The van der Waals surface area contributed by atoms with Crippen molar-refractivity contribution in [3.8, 4) is 0 Å². The summed E-state index contributed by atoms with van der Waals surface area (Å²) < 4.78 is 195. The fraction of sp³-hybridized carbons (Fsp3) is 0.435. The highest BCUT2D eigenvalue weighted by molar-refractivity contribution is 7.87. The fourth-order valence-corrected chi connectivity index (χ4v) is 13.0. The van der Waals surface area contributed by atoms with Gasteiger partial charge in [-0.2, -0.15) is 46.7 Å². The monoisotopic (exact) mass is 1120 g/mol. The predicted molar refractivity (Wildman–Crippen MR) is 267 cm³/mol. The largest absolute Gasteiger partial charge is 0.481 e. The molecule has 6 rings (SSSR count). The first-order valence-corrected chi connectivity index (χ1v) is 29.9. The lowest BCUT2D eigenvalue weighted by molar-refractivity contribution is -0.438. The van der Waals surface area contributed by atoms with Gasteiger partial charge in [-0.3, -0.25) is 27.6 Å². The van der Waals surface area contributed by atoms with Gasteiger partial charge in [0.1, 0.15) is 16.3 Å². The minimum atomic E-state index is -5.15. The molecule has 0 spiro atoms. The standard InChI is InChI=1S/C46H56N2O20S5/c1-45(2)40(47(18-7-5-6-12-42(49)50)36-15-13-32-34(43(36)45)26-30(70(54,55)56)28-38(32)72(60,61)62)10-8-11-41-46(3,17-9-25-69(51,52)53)44-35-27-31(71(57,58)59)29-39(73(63,64)65)33(35)14-16-37(44)48(41)19-20-67-23-24-68-22-21-66-4/h8,10-11,13-16,26-29H,5-7,9,12,17-25H2,1-4H3,(H5-,49,50,51,52,53,54,55,56,57,58,59,60,61,62,63,64,65)/p+1. The highest BCUT2D eigenvalue weighted by atomic mass is 32.2. The molecule has 400 valence electrons. The lowest BCUT2D eigenvalue weighted by Gasteiger charge is -2.31. The average molecular weight is 1120 g/mol. The molecule has 4 aromatic rings. The smallest absolute Gasteiger partial charge is 0.303 e. The molecule has 73 heavy (non-hydrogen) atoms. The van der Waals surface area contributed by atoms with E-state index in [0.29, 0.717) is 73.0 Å². The Morgan fingerprint density at radius 3 is 1.74 bits per heavy atom. The van der Waals surface area contributed by atoms with Crippen LogP contribution in [0.2, 0.25) is 0 Å². The Labute approximate surface area is 423 Å². The molecule has 1 unspecified atom stereocenters. The van der Waals surface area contributed by atoms with E-state index in [1.165, 1.54) is 25.3 Å². The minimum absolute atomic E-state index is 0.0359. The maximum absolute atomic E-state index is 12.8. The van der Waals surface area contributed by atoms with E-state index in [2.05, 4.69) is 0 Å². The highest BCUT2D eigenvalue weighted by Gasteiger charge is 2.48. The van der Waals surface area contributed by atoms with E-state index in [9.17, 15) is 74.8 Å². The van der Waals surface area contributed by atoms with Gasteiger partial charge in [-0.25, -0.2) is 0 Å². The Kier molecular flexibility index (Phi) is 17.2. The number of rotatable bonds is 25. The van der Waals surface area contributed by atoms with E-state index in [1.54, 1.807) is 50.0 Å². The number of allylic oxidation sites excluding steroid dienone is 4. The molecule has 27 heteroatoms. The van der Waals surface area contributed by atoms with Crippen molar-refractivity contribution in [2.24, 2.45) is 0 Å². The van der Waals surface area contributed by atoms with Crippen LogP contribution < -0.4 is 4.90 Å². The molecular weight excluding hydrogens is 1060 g/mol. The zero-order valence-corrected chi connectivity index (χ0v) is 44.2. The number of aliphatic carboxylic acids is 1. The summed E-state index contributed by atoms with van der Waals surface area (Å²) in [6, 6.07) is 9.25. The van der Waals surface area contributed by atoms with Crippen molar-refractivity contribution >= 4 is 95.2 Å². The molecule has 0 fully saturated rings. The lowest BCUT2D eigenvalue weighted by Crippen LogP contribution is -2.32. The Balaban J connectivity index is 1.60. The molecule has 2 heterocycles. The van der Waals surface area contributed by atoms with Crippen LogP contribution in [0.5, 0.6) is 0 Å². The van der Waals surface area contributed by atoms with Crippen molar-refractivity contribution in [3.63, 3.8) is 0 Å². The third-order valence-electron chi connectivity index (χ3n) is 12.9. The summed E-state index contributed by atoms with van der Waals surface area (Å²) in [4.78, 5) is 9.83. The third kappa shape index (κ3) is 12.9. The topological polar surface area (TPSA) is 343 Å². The molecular formula is C46H57N2O20S5+. The van der Waals surface area contributed by atoms with Gasteiger partial charge in [0.2, 0.25) is 5.69 Å². The van der Waals surface area contributed by atoms with E-state index in [0.717, 1.165) is 12.1 Å². The summed E-state index contributed by atoms with van der Waals surface area (Å²) in [6.45, 7) is 6.61. The molecule has 22 nitrogen and oxygen atoms in total. The molecule has 4 aromatic carbocycles. The summed E-state index contributed by atoms with van der Waals surface area (Å²) >= 11 is 0. The van der Waals surface area contributed by atoms with Gasteiger partial charge in [0.25, 0.3) is 50.6 Å². The van der Waals surface area contributed by atoms with E-state index in [4.69, 9.17) is 14.2 Å². The zero-order valence-electron chi connectivity index (χ0n) is 40.1. The van der Waals surface area contributed by atoms with Crippen LogP contribution >= 0.6 is 0 Å². The van der Waals surface area contributed by atoms with Crippen LogP contribution in [-0.2, 0) is 80.4 Å². The molecule has 0 saturated carbocycles. The first-order valence-electron chi connectivity index (χ1n) is 22.6. The van der Waals surface area contributed by atoms with Crippen LogP contribution in [0, 0.1) is 0 Å². The molecule has 2 aliphatic heterocycles. The van der Waals surface area contributed by atoms with Crippen LogP contribution in [0.25, 0.3) is 21.5 Å². The average Bonchev–Trinajstić information content (AvgIpc) is 3.63. The second-order valence-electron chi connectivity index (χ2n) is 18.2. The SMILES string of the molecule is COCCOCCOCCN1C(=CC=CC2=[N+](CCCCCC(=O)O)c3ccc4c(S(=O)(=O)O)cc(S(=O)(=O)O)cc4c3C2(C)C)C(C)(CCCS(=O)(=O)O)c2c1ccc1c(S(=O)(=O)O)cc(S(=O)(=O)O)cc21. The number of ether oxygens (including phenoxy) is 3. The summed E-state index contributed by atoms with van der Waals surface area (Å²) in [5.41, 5.74) is -0.0364. The quantitative estimate of drug-likeness (QED) is 0.0268. The summed E-state index contributed by atoms with van der Waals surface area (Å²) in [5, 5.41) is 9.11. The minimum Gasteiger partial charge on any atom is -0.481 e. The number of hydrogen-bond donors (Lipinski definition) is 6. The molecule has 2 aliphatic rings. The van der Waals surface area contributed by atoms with Crippen LogP contribution in [0.15, 0.2) is 92.0 Å². The van der Waals surface area contributed by atoms with Gasteiger partial charge in [-0.15, -0.1) is 0 Å². The van der Waals surface area contributed by atoms with E-state index in [-0.39, 0.29) is 79.3 Å². The first-order chi connectivity index (χ1) is 33.8. The Morgan fingerprint density at radius 1 is 0.658 bits per heavy atom. The normalized spacial score (nSPS) is 17.9. The van der Waals surface area contributed by atoms with Gasteiger partial charge < -0.3 is 24.2 Å². The first kappa shape index (κ1) is 57.5. The number of carboxylic acid groups (broad SMARTS) is 1. The van der Waals surface area contributed by atoms with Crippen LogP contribution in [0.4, 0.5) is 11.4 Å². The van der Waals surface area contributed by atoms with Crippen molar-refractivity contribution < 1.29 is 93.5 Å². The second kappa shape index (κ2) is 21.8. The molecule has 0 bridgehead atoms. The summed E-state index contributed by atoms with van der Waals surface area (Å²) in [5.74, 6) is -1.70. The van der Waals surface area contributed by atoms with E-state index >= 15 is 0 Å². The number of carbonyl (C=O) groups is 1. The Morgan fingerprint density at radius 2 is 1.21 bits per heavy atom. The van der Waals surface area contributed by atoms with Gasteiger partial charge in [-0.1, -0.05) is 12.1 Å². The zero-order chi connectivity index (χ0) is 54.1. The van der Waals surface area contributed by atoms with Crippen molar-refractivity contribution in [2.45, 2.75) is 89.7 Å². The summed E-state index contributed by atoms with van der Waals surface area (Å²) in [6.07, 6.45) is 5.90. The number of nitrogens with zero attached hydrogens (tertiary/aromatic N) is 2. The number of benzene rings is 4. The number of anilines is 1. The summed E-state index contributed by atoms with van der Waals surface area (Å²) in [7, 11) is -23.4. The predicted octanol–water partition coefficient (Wildman–Crippen LogP) is 5.57. The van der Waals surface area contributed by atoms with Gasteiger partial charge in [0.15, 0.2) is 5.71 Å². The molecule has 1 atom stereocenters. The van der Waals surface area contributed by atoms with Crippen molar-refractivity contribution in [1.82, 2.24) is 0 Å². The van der Waals surface area contributed by atoms with Crippen molar-refractivity contribution in [2.75, 3.05) is 63.9 Å². The van der Waals surface area contributed by atoms with Crippen LogP contribution in [0.1, 0.15) is 70.4 Å². The van der Waals surface area contributed by atoms with Gasteiger partial charge in [-0.05, 0) is 105 Å². The van der Waals surface area contributed by atoms with E-state index < -0.39 is 92.7 Å². The molecule has 0 aromatic heterocycles. The fourth-order valence-electron chi connectivity index (χ4n) is 9.78. The van der Waals surface area contributed by atoms with Gasteiger partial charge >= 0.3 is 5.97 Å². The maximum Gasteiger partial charge on any atom is 0.303 e. The molecule has 6 N–H and O–H groups in total. The molecule has 0 aliphatic carbocycles. The van der Waals surface area contributed by atoms with E-state index in [1.807, 2.05) is 4.58 Å². The Bertz CT molecular complexity index is 3520. The number of hydrogen-bond acceptors (Lipinski definition) is 15. The van der Waals surface area contributed by atoms with Crippen molar-refractivity contribution in [1.29, 1.82) is 0 Å². The van der Waals surface area contributed by atoms with Crippen LogP contribution in [0.3, 0.4) is 0 Å². The maximum atomic E-state index is 12.8. The van der Waals surface area contributed by atoms with Gasteiger partial charge in [0.05, 0.1) is 54.0 Å². The lowest BCUT2D eigenvalue weighted by atomic mass is 9.75. The third-order valence-corrected chi connectivity index (χ3v) is 17.2. The molecule has 0 radical (unpaired) electrons. The highest BCUT2D eigenvalue weighted by Crippen LogP contribution is 2.54.